The SMILES string of the molecule is CC(C)(CNN)OC(C)(C)CNN. The molecule has 0 spiro atoms. The molecule has 6 N–H and O–H groups in total. The Labute approximate surface area is 80.1 Å². The average molecular weight is 190 g/mol. The molecular formula is C8H22N4O. The fraction of sp³-hybridized carbons (Fsp3) is 1.00. The molecule has 0 rings (SSSR count). The van der Waals surface area contributed by atoms with Crippen molar-refractivity contribution in [2.24, 2.45) is 11.7 Å². The third kappa shape index (κ3) is 5.95. The Morgan fingerprint density at radius 3 is 1.46 bits per heavy atom. The maximum atomic E-state index is 5.82. The predicted molar refractivity (Wildman–Crippen MR) is 53.6 cm³/mol. The van der Waals surface area contributed by atoms with E-state index in [2.05, 4.69) is 10.9 Å². The van der Waals surface area contributed by atoms with Gasteiger partial charge in [-0.25, -0.2) is 0 Å². The summed E-state index contributed by atoms with van der Waals surface area (Å²) in [5.74, 6) is 10.5. The van der Waals surface area contributed by atoms with Gasteiger partial charge in [0.1, 0.15) is 0 Å². The first-order valence-electron chi connectivity index (χ1n) is 4.40. The smallest absolute Gasteiger partial charge is 0.0772 e. The van der Waals surface area contributed by atoms with Gasteiger partial charge >= 0.3 is 0 Å². The molecule has 0 aliphatic rings. The molecule has 0 radical (unpaired) electrons. The van der Waals surface area contributed by atoms with Crippen LogP contribution in [0, 0.1) is 0 Å². The molecule has 0 fully saturated rings. The van der Waals surface area contributed by atoms with Crippen LogP contribution in [0.15, 0.2) is 0 Å². The van der Waals surface area contributed by atoms with Gasteiger partial charge in [0, 0.05) is 13.1 Å². The number of hydrogen-bond donors (Lipinski definition) is 4. The van der Waals surface area contributed by atoms with Gasteiger partial charge in [-0.15, -0.1) is 0 Å². The Balaban J connectivity index is 4.07. The lowest BCUT2D eigenvalue weighted by Gasteiger charge is -2.35. The highest BCUT2D eigenvalue weighted by Crippen LogP contribution is 2.18. The van der Waals surface area contributed by atoms with Crippen LogP contribution in [0.5, 0.6) is 0 Å². The van der Waals surface area contributed by atoms with Crippen molar-refractivity contribution in [3.8, 4) is 0 Å². The first-order chi connectivity index (χ1) is 5.83. The normalized spacial score (nSPS) is 13.4. The van der Waals surface area contributed by atoms with Gasteiger partial charge in [0.25, 0.3) is 0 Å². The van der Waals surface area contributed by atoms with E-state index >= 15 is 0 Å². The van der Waals surface area contributed by atoms with E-state index in [1.807, 2.05) is 27.7 Å². The maximum Gasteiger partial charge on any atom is 0.0772 e. The number of rotatable bonds is 6. The molecule has 80 valence electrons. The van der Waals surface area contributed by atoms with Gasteiger partial charge < -0.3 is 4.74 Å². The highest BCUT2D eigenvalue weighted by Gasteiger charge is 2.28. The van der Waals surface area contributed by atoms with E-state index in [0.29, 0.717) is 13.1 Å². The molecular weight excluding hydrogens is 168 g/mol. The highest BCUT2D eigenvalue weighted by atomic mass is 16.5. The highest BCUT2D eigenvalue weighted by molar-refractivity contribution is 4.79. The van der Waals surface area contributed by atoms with Crippen molar-refractivity contribution in [3.05, 3.63) is 0 Å². The number of hydrazine groups is 2. The minimum absolute atomic E-state index is 0.297. The zero-order valence-corrected chi connectivity index (χ0v) is 8.98. The molecule has 0 heterocycles. The van der Waals surface area contributed by atoms with Crippen LogP contribution in [-0.2, 0) is 4.74 Å². The third-order valence-corrected chi connectivity index (χ3v) is 1.61. The fourth-order valence-electron chi connectivity index (χ4n) is 1.31. The van der Waals surface area contributed by atoms with Gasteiger partial charge in [0.05, 0.1) is 11.2 Å². The average Bonchev–Trinajstić information content (AvgIpc) is 1.82. The standard InChI is InChI=1S/C8H22N4O/c1-7(2,5-11-9)13-8(3,4)6-12-10/h11-12H,5-6,9-10H2,1-4H3. The fourth-order valence-corrected chi connectivity index (χ4v) is 1.31. The minimum atomic E-state index is -0.297. The number of hydrogen-bond acceptors (Lipinski definition) is 5. The molecule has 5 nitrogen and oxygen atoms in total. The summed E-state index contributed by atoms with van der Waals surface area (Å²) in [5, 5.41) is 0. The molecule has 0 bridgehead atoms. The third-order valence-electron chi connectivity index (χ3n) is 1.61. The van der Waals surface area contributed by atoms with Crippen LogP contribution in [0.3, 0.4) is 0 Å². The molecule has 5 heteroatoms. The second-order valence-electron chi connectivity index (χ2n) is 4.38. The summed E-state index contributed by atoms with van der Waals surface area (Å²) >= 11 is 0. The van der Waals surface area contributed by atoms with Crippen molar-refractivity contribution >= 4 is 0 Å². The molecule has 0 aromatic heterocycles. The first-order valence-corrected chi connectivity index (χ1v) is 4.40. The van der Waals surface area contributed by atoms with E-state index in [1.165, 1.54) is 0 Å². The number of nitrogens with two attached hydrogens (primary N) is 2. The molecule has 0 atom stereocenters. The Bertz CT molecular complexity index is 131. The van der Waals surface area contributed by atoms with Gasteiger partial charge in [-0.1, -0.05) is 0 Å². The van der Waals surface area contributed by atoms with Crippen LogP contribution >= 0.6 is 0 Å². The lowest BCUT2D eigenvalue weighted by atomic mass is 10.1. The number of nitrogens with one attached hydrogen (secondary N) is 2. The largest absolute Gasteiger partial charge is 0.367 e. The van der Waals surface area contributed by atoms with Crippen LogP contribution in [0.2, 0.25) is 0 Å². The lowest BCUT2D eigenvalue weighted by molar-refractivity contribution is -0.118. The number of ether oxygens (including phenoxy) is 1. The van der Waals surface area contributed by atoms with Gasteiger partial charge in [-0.2, -0.15) is 0 Å². The molecule has 0 unspecified atom stereocenters. The molecule has 0 aromatic carbocycles. The van der Waals surface area contributed by atoms with E-state index in [9.17, 15) is 0 Å². The summed E-state index contributed by atoms with van der Waals surface area (Å²) in [7, 11) is 0. The van der Waals surface area contributed by atoms with Crippen LogP contribution in [0.25, 0.3) is 0 Å². The Morgan fingerprint density at radius 1 is 0.923 bits per heavy atom. The summed E-state index contributed by atoms with van der Waals surface area (Å²) in [6, 6.07) is 0. The molecule has 0 saturated carbocycles. The van der Waals surface area contributed by atoms with Gasteiger partial charge in [0.15, 0.2) is 0 Å². The van der Waals surface area contributed by atoms with Crippen molar-refractivity contribution in [2.45, 2.75) is 38.9 Å². The second kappa shape index (κ2) is 4.88. The Kier molecular flexibility index (Phi) is 4.80. The predicted octanol–water partition coefficient (Wildman–Crippen LogP) is -0.513. The van der Waals surface area contributed by atoms with E-state index in [4.69, 9.17) is 16.4 Å². The lowest BCUT2D eigenvalue weighted by Crippen LogP contribution is -2.50. The van der Waals surface area contributed by atoms with Crippen LogP contribution in [0.4, 0.5) is 0 Å². The monoisotopic (exact) mass is 190 g/mol. The second-order valence-corrected chi connectivity index (χ2v) is 4.38. The van der Waals surface area contributed by atoms with E-state index < -0.39 is 0 Å². The molecule has 13 heavy (non-hydrogen) atoms. The van der Waals surface area contributed by atoms with Gasteiger partial charge in [-0.3, -0.25) is 22.5 Å². The quantitative estimate of drug-likeness (QED) is 0.335. The van der Waals surface area contributed by atoms with Crippen molar-refractivity contribution in [3.63, 3.8) is 0 Å². The van der Waals surface area contributed by atoms with Crippen molar-refractivity contribution in [2.75, 3.05) is 13.1 Å². The van der Waals surface area contributed by atoms with Crippen LogP contribution in [-0.4, -0.2) is 24.3 Å². The van der Waals surface area contributed by atoms with E-state index in [-0.39, 0.29) is 11.2 Å². The van der Waals surface area contributed by atoms with E-state index in [0.717, 1.165) is 0 Å². The molecule has 0 aromatic rings. The maximum absolute atomic E-state index is 5.82. The molecule has 0 amide bonds. The van der Waals surface area contributed by atoms with E-state index in [1.54, 1.807) is 0 Å². The van der Waals surface area contributed by atoms with Crippen molar-refractivity contribution in [1.82, 2.24) is 10.9 Å². The summed E-state index contributed by atoms with van der Waals surface area (Å²) < 4.78 is 5.82. The summed E-state index contributed by atoms with van der Waals surface area (Å²) in [5.41, 5.74) is 4.60. The first kappa shape index (κ1) is 12.8. The summed E-state index contributed by atoms with van der Waals surface area (Å²) in [6.45, 7) is 9.11. The van der Waals surface area contributed by atoms with Gasteiger partial charge in [-0.05, 0) is 27.7 Å². The Hall–Kier alpha value is -0.200. The topological polar surface area (TPSA) is 85.3 Å². The molecule has 0 aliphatic carbocycles. The zero-order valence-electron chi connectivity index (χ0n) is 8.98. The summed E-state index contributed by atoms with van der Waals surface area (Å²) in [4.78, 5) is 0. The van der Waals surface area contributed by atoms with Crippen molar-refractivity contribution in [1.29, 1.82) is 0 Å². The minimum Gasteiger partial charge on any atom is -0.367 e. The van der Waals surface area contributed by atoms with Crippen LogP contribution < -0.4 is 22.5 Å². The molecule has 0 saturated heterocycles. The van der Waals surface area contributed by atoms with Crippen molar-refractivity contribution < 1.29 is 4.74 Å². The summed E-state index contributed by atoms with van der Waals surface area (Å²) in [6.07, 6.45) is 0. The molecule has 0 aliphatic heterocycles. The van der Waals surface area contributed by atoms with Crippen LogP contribution in [0.1, 0.15) is 27.7 Å². The van der Waals surface area contributed by atoms with Gasteiger partial charge in [0.2, 0.25) is 0 Å². The Morgan fingerprint density at radius 2 is 1.23 bits per heavy atom. The zero-order chi connectivity index (χ0) is 10.5.